The van der Waals surface area contributed by atoms with Crippen molar-refractivity contribution >= 4 is 50.5 Å². The highest BCUT2D eigenvalue weighted by Crippen LogP contribution is 2.41. The predicted molar refractivity (Wildman–Crippen MR) is 130 cm³/mol. The zero-order valence-corrected chi connectivity index (χ0v) is 20.5. The van der Waals surface area contributed by atoms with Gasteiger partial charge in [-0.1, -0.05) is 17.7 Å². The van der Waals surface area contributed by atoms with Gasteiger partial charge in [-0.25, -0.2) is 22.6 Å². The fourth-order valence-electron chi connectivity index (χ4n) is 4.38. The molecule has 2 aromatic carbocycles. The molecule has 1 fully saturated rings. The lowest BCUT2D eigenvalue weighted by Gasteiger charge is -2.32. The highest BCUT2D eigenvalue weighted by molar-refractivity contribution is 7.95. The number of ether oxygens (including phenoxy) is 2. The van der Waals surface area contributed by atoms with Crippen LogP contribution >= 0.6 is 11.6 Å². The first-order valence-electron chi connectivity index (χ1n) is 10.8. The first-order chi connectivity index (χ1) is 16.7. The minimum atomic E-state index is -3.71. The smallest absolute Gasteiger partial charge is 0.409 e. The van der Waals surface area contributed by atoms with Gasteiger partial charge in [-0.15, -0.1) is 0 Å². The van der Waals surface area contributed by atoms with Crippen molar-refractivity contribution in [3.05, 3.63) is 51.6 Å². The third kappa shape index (κ3) is 4.35. The molecular formula is C23H22ClFN4O5S. The van der Waals surface area contributed by atoms with Crippen LogP contribution in [0.2, 0.25) is 5.02 Å². The maximum Gasteiger partial charge on any atom is 0.409 e. The molecular weight excluding hydrogens is 499 g/mol. The van der Waals surface area contributed by atoms with Crippen LogP contribution in [0.25, 0.3) is 28.5 Å². The summed E-state index contributed by atoms with van der Waals surface area (Å²) in [6, 6.07) is 6.80. The minimum Gasteiger partial charge on any atom is -0.453 e. The number of hydrogen-bond donors (Lipinski definition) is 1. The molecule has 9 nitrogen and oxygen atoms in total. The molecule has 2 aliphatic rings. The highest BCUT2D eigenvalue weighted by Gasteiger charge is 2.29. The number of carbonyl (C=O) groups excluding carboxylic acids is 1. The second-order valence-electron chi connectivity index (χ2n) is 8.41. The zero-order chi connectivity index (χ0) is 24.9. The standard InChI is InChI=1S/C23H22ClFN4O5S/c1-13-3-4-19-18(9-13)26-22(29(19)12-14-11-28(6-7-34-14)23(30)33-2)20-16(25)10-17-15(21(20)24)5-8-35(31,32)27-17/h3-5,8-10,14,27H,6-7,11-12H2,1-2H3/t14-/m1/s1. The van der Waals surface area contributed by atoms with Crippen LogP contribution in [0.5, 0.6) is 0 Å². The van der Waals surface area contributed by atoms with Gasteiger partial charge in [0.25, 0.3) is 10.0 Å². The molecule has 2 aliphatic heterocycles. The van der Waals surface area contributed by atoms with Gasteiger partial charge in [0.15, 0.2) is 0 Å². The first-order valence-corrected chi connectivity index (χ1v) is 12.7. The molecule has 0 aliphatic carbocycles. The molecule has 1 saturated heterocycles. The van der Waals surface area contributed by atoms with E-state index in [1.54, 1.807) is 4.90 Å². The number of sulfonamides is 1. The molecule has 1 atom stereocenters. The number of imidazole rings is 1. The van der Waals surface area contributed by atoms with E-state index in [0.717, 1.165) is 22.6 Å². The van der Waals surface area contributed by atoms with Crippen molar-refractivity contribution < 1.29 is 27.1 Å². The van der Waals surface area contributed by atoms with Crippen molar-refractivity contribution in [1.82, 2.24) is 14.5 Å². The summed E-state index contributed by atoms with van der Waals surface area (Å²) in [6.45, 7) is 3.24. The van der Waals surface area contributed by atoms with Crippen LogP contribution < -0.4 is 4.72 Å². The number of nitrogens with zero attached hydrogens (tertiary/aromatic N) is 3. The average molecular weight is 521 g/mol. The number of fused-ring (bicyclic) bond motifs is 2. The van der Waals surface area contributed by atoms with E-state index in [-0.39, 0.29) is 28.6 Å². The third-order valence-corrected chi connectivity index (χ3v) is 7.40. The normalized spacial score (nSPS) is 18.9. The van der Waals surface area contributed by atoms with Gasteiger partial charge >= 0.3 is 6.09 Å². The molecule has 0 radical (unpaired) electrons. The number of amides is 1. The van der Waals surface area contributed by atoms with Crippen molar-refractivity contribution in [3.63, 3.8) is 0 Å². The molecule has 1 N–H and O–H groups in total. The predicted octanol–water partition coefficient (Wildman–Crippen LogP) is 4.00. The van der Waals surface area contributed by atoms with Gasteiger partial charge in [0, 0.05) is 12.1 Å². The lowest BCUT2D eigenvalue weighted by atomic mass is 10.1. The van der Waals surface area contributed by atoms with E-state index in [2.05, 4.69) is 4.72 Å². The molecule has 0 bridgehead atoms. The Morgan fingerprint density at radius 3 is 2.94 bits per heavy atom. The van der Waals surface area contributed by atoms with Crippen LogP contribution in [0.1, 0.15) is 11.1 Å². The Morgan fingerprint density at radius 1 is 1.37 bits per heavy atom. The lowest BCUT2D eigenvalue weighted by Crippen LogP contribution is -2.47. The van der Waals surface area contributed by atoms with E-state index in [1.807, 2.05) is 29.7 Å². The van der Waals surface area contributed by atoms with E-state index >= 15 is 4.39 Å². The van der Waals surface area contributed by atoms with Crippen molar-refractivity contribution in [2.75, 3.05) is 31.5 Å². The summed E-state index contributed by atoms with van der Waals surface area (Å²) in [7, 11) is -2.38. The van der Waals surface area contributed by atoms with Gasteiger partial charge in [-0.05, 0) is 36.8 Å². The third-order valence-electron chi connectivity index (χ3n) is 6.01. The topological polar surface area (TPSA) is 103 Å². The second-order valence-corrected chi connectivity index (χ2v) is 10.3. The van der Waals surface area contributed by atoms with Crippen LogP contribution in [0.4, 0.5) is 14.9 Å². The molecule has 1 aromatic heterocycles. The Kier molecular flexibility index (Phi) is 5.94. The molecule has 5 rings (SSSR count). The summed E-state index contributed by atoms with van der Waals surface area (Å²) in [5, 5.41) is 1.01. The van der Waals surface area contributed by atoms with E-state index < -0.39 is 28.0 Å². The van der Waals surface area contributed by atoms with Crippen molar-refractivity contribution in [3.8, 4) is 11.4 Å². The molecule has 0 spiro atoms. The number of halogens is 2. The Hall–Kier alpha value is -3.15. The van der Waals surface area contributed by atoms with Crippen LogP contribution in [-0.4, -0.2) is 61.9 Å². The van der Waals surface area contributed by atoms with Gasteiger partial charge in [0.2, 0.25) is 0 Å². The van der Waals surface area contributed by atoms with E-state index in [1.165, 1.54) is 13.2 Å². The monoisotopic (exact) mass is 520 g/mol. The minimum absolute atomic E-state index is 0.0349. The van der Waals surface area contributed by atoms with Crippen LogP contribution in [-0.2, 0) is 26.0 Å². The maximum absolute atomic E-state index is 15.5. The second kappa shape index (κ2) is 8.81. The first kappa shape index (κ1) is 23.6. The Labute approximate surface area is 206 Å². The summed E-state index contributed by atoms with van der Waals surface area (Å²) in [4.78, 5) is 18.3. The number of nitrogens with one attached hydrogen (secondary N) is 1. The molecule has 35 heavy (non-hydrogen) atoms. The number of methoxy groups -OCH3 is 1. The lowest BCUT2D eigenvalue weighted by molar-refractivity contribution is -0.0310. The molecule has 184 valence electrons. The summed E-state index contributed by atoms with van der Waals surface area (Å²) in [5.74, 6) is -0.447. The van der Waals surface area contributed by atoms with Crippen molar-refractivity contribution in [1.29, 1.82) is 0 Å². The zero-order valence-electron chi connectivity index (χ0n) is 18.9. The Bertz CT molecular complexity index is 1490. The van der Waals surface area contributed by atoms with Gasteiger partial charge in [0.1, 0.15) is 11.6 Å². The van der Waals surface area contributed by atoms with Crippen LogP contribution in [0.3, 0.4) is 0 Å². The van der Waals surface area contributed by atoms with Gasteiger partial charge in [-0.3, -0.25) is 4.72 Å². The quantitative estimate of drug-likeness (QED) is 0.560. The van der Waals surface area contributed by atoms with Gasteiger partial charge in [0.05, 0.1) is 65.6 Å². The number of rotatable bonds is 3. The van der Waals surface area contributed by atoms with Gasteiger partial charge < -0.3 is 18.9 Å². The fraction of sp³-hybridized carbons (Fsp3) is 0.304. The van der Waals surface area contributed by atoms with Crippen molar-refractivity contribution in [2.45, 2.75) is 19.6 Å². The summed E-state index contributed by atoms with van der Waals surface area (Å²) in [5.41, 5.74) is 2.82. The number of aromatic nitrogens is 2. The van der Waals surface area contributed by atoms with Gasteiger partial charge in [-0.2, -0.15) is 0 Å². The molecule has 1 amide bonds. The van der Waals surface area contributed by atoms with E-state index in [0.29, 0.717) is 30.8 Å². The van der Waals surface area contributed by atoms with Crippen LogP contribution in [0, 0.1) is 12.7 Å². The number of morpholine rings is 1. The van der Waals surface area contributed by atoms with E-state index in [4.69, 9.17) is 26.1 Å². The maximum atomic E-state index is 15.5. The Morgan fingerprint density at radius 2 is 2.17 bits per heavy atom. The summed E-state index contributed by atoms with van der Waals surface area (Å²) >= 11 is 6.64. The molecule has 12 heteroatoms. The molecule has 3 heterocycles. The fourth-order valence-corrected chi connectivity index (χ4v) is 5.57. The molecule has 3 aromatic rings. The molecule has 0 saturated carbocycles. The number of benzene rings is 2. The number of hydrogen-bond acceptors (Lipinski definition) is 6. The summed E-state index contributed by atoms with van der Waals surface area (Å²) in [6.07, 6.45) is 0.497. The van der Waals surface area contributed by atoms with Crippen LogP contribution in [0.15, 0.2) is 29.7 Å². The highest BCUT2D eigenvalue weighted by atomic mass is 35.5. The van der Waals surface area contributed by atoms with Crippen molar-refractivity contribution in [2.24, 2.45) is 0 Å². The average Bonchev–Trinajstić information content (AvgIpc) is 3.14. The molecule has 0 unspecified atom stereocenters. The number of carbonyl (C=O) groups is 1. The number of aryl methyl sites for hydroxylation is 1. The number of anilines is 1. The van der Waals surface area contributed by atoms with E-state index in [9.17, 15) is 13.2 Å². The summed E-state index contributed by atoms with van der Waals surface area (Å²) < 4.78 is 54.1. The largest absolute Gasteiger partial charge is 0.453 e. The Balaban J connectivity index is 1.63. The SMILES string of the molecule is COC(=O)N1CCO[C@@H](Cn2c(-c3c(F)cc4c(c3Cl)C=CS(=O)(=O)N4)nc3cc(C)ccc32)C1.